The summed E-state index contributed by atoms with van der Waals surface area (Å²) in [6.45, 7) is 9.16. The molecule has 0 unspecified atom stereocenters. The normalized spacial score (nSPS) is 25.2. The van der Waals surface area contributed by atoms with Gasteiger partial charge in [0.05, 0.1) is 0 Å². The zero-order chi connectivity index (χ0) is 16.8. The molecule has 4 nitrogen and oxygen atoms in total. The van der Waals surface area contributed by atoms with E-state index in [2.05, 4.69) is 29.1 Å². The second-order valence-electron chi connectivity index (χ2n) is 8.50. The predicted molar refractivity (Wildman–Crippen MR) is 118 cm³/mol. The number of nitrogens with zero attached hydrogens (tertiary/aromatic N) is 3. The van der Waals surface area contributed by atoms with Crippen molar-refractivity contribution in [2.75, 3.05) is 46.3 Å². The fourth-order valence-electron chi connectivity index (χ4n) is 4.96. The molecule has 2 heterocycles. The smallest absolute Gasteiger partial charge is 0.193 e. The topological polar surface area (TPSA) is 30.9 Å². The van der Waals surface area contributed by atoms with E-state index in [1.807, 2.05) is 0 Å². The molecule has 146 valence electrons. The average molecular weight is 462 g/mol. The lowest BCUT2D eigenvalue weighted by Crippen LogP contribution is -2.41. The maximum Gasteiger partial charge on any atom is 0.193 e. The number of piperidine rings is 1. The van der Waals surface area contributed by atoms with Crippen LogP contribution in [-0.2, 0) is 0 Å². The Kier molecular flexibility index (Phi) is 8.79. The first-order valence-corrected chi connectivity index (χ1v) is 10.4. The lowest BCUT2D eigenvalue weighted by molar-refractivity contribution is 0.203. The summed E-state index contributed by atoms with van der Waals surface area (Å²) in [5, 5.41) is 3.56. The van der Waals surface area contributed by atoms with Crippen LogP contribution in [-0.4, -0.2) is 62.1 Å². The molecule has 5 heteroatoms. The van der Waals surface area contributed by atoms with Crippen molar-refractivity contribution in [3.05, 3.63) is 0 Å². The Hall–Kier alpha value is -0.0400. The van der Waals surface area contributed by atoms with Gasteiger partial charge in [0, 0.05) is 26.2 Å². The van der Waals surface area contributed by atoms with Crippen LogP contribution in [0.5, 0.6) is 0 Å². The third-order valence-corrected chi connectivity index (χ3v) is 6.62. The van der Waals surface area contributed by atoms with Crippen molar-refractivity contribution >= 4 is 29.9 Å². The standard InChI is InChI=1S/C20H38N4.HI/c1-3-21-19(22-13-7-18-8-14-23(2)15-9-18)24-16-12-20(17-24)10-5-4-6-11-20;/h18H,3-17H2,1-2H3,(H,21,22);1H. The van der Waals surface area contributed by atoms with Crippen molar-refractivity contribution in [3.8, 4) is 0 Å². The van der Waals surface area contributed by atoms with Gasteiger partial charge in [-0.2, -0.15) is 0 Å². The van der Waals surface area contributed by atoms with Crippen LogP contribution >= 0.6 is 24.0 Å². The van der Waals surface area contributed by atoms with E-state index in [0.29, 0.717) is 5.41 Å². The third kappa shape index (κ3) is 5.98. The first-order chi connectivity index (χ1) is 11.7. The number of guanidine groups is 1. The zero-order valence-corrected chi connectivity index (χ0v) is 18.8. The van der Waals surface area contributed by atoms with Gasteiger partial charge in [0.15, 0.2) is 5.96 Å². The molecule has 0 bridgehead atoms. The van der Waals surface area contributed by atoms with Crippen LogP contribution in [0.1, 0.15) is 64.7 Å². The highest BCUT2D eigenvalue weighted by atomic mass is 127. The van der Waals surface area contributed by atoms with Crippen molar-refractivity contribution < 1.29 is 0 Å². The van der Waals surface area contributed by atoms with Gasteiger partial charge in [-0.25, -0.2) is 0 Å². The molecule has 0 radical (unpaired) electrons. The van der Waals surface area contributed by atoms with Crippen LogP contribution in [0.2, 0.25) is 0 Å². The third-order valence-electron chi connectivity index (χ3n) is 6.62. The van der Waals surface area contributed by atoms with Gasteiger partial charge < -0.3 is 15.1 Å². The molecule has 2 saturated heterocycles. The molecule has 25 heavy (non-hydrogen) atoms. The van der Waals surface area contributed by atoms with Gasteiger partial charge in [0.2, 0.25) is 0 Å². The lowest BCUT2D eigenvalue weighted by atomic mass is 9.73. The lowest BCUT2D eigenvalue weighted by Gasteiger charge is -2.33. The van der Waals surface area contributed by atoms with Gasteiger partial charge in [-0.1, -0.05) is 19.3 Å². The van der Waals surface area contributed by atoms with Crippen LogP contribution in [0, 0.1) is 11.3 Å². The molecular weight excluding hydrogens is 423 g/mol. The molecule has 1 spiro atoms. The molecule has 0 amide bonds. The molecule has 1 aliphatic carbocycles. The minimum absolute atomic E-state index is 0. The molecule has 2 aliphatic heterocycles. The van der Waals surface area contributed by atoms with Crippen LogP contribution in [0.25, 0.3) is 0 Å². The van der Waals surface area contributed by atoms with Gasteiger partial charge in [-0.15, -0.1) is 24.0 Å². The number of halogens is 1. The average Bonchev–Trinajstić information content (AvgIpc) is 3.00. The van der Waals surface area contributed by atoms with Crippen LogP contribution in [0.4, 0.5) is 0 Å². The molecular formula is C20H39IN4. The molecule has 0 aromatic heterocycles. The second kappa shape index (κ2) is 10.3. The number of nitrogens with one attached hydrogen (secondary N) is 1. The van der Waals surface area contributed by atoms with Gasteiger partial charge in [0.25, 0.3) is 0 Å². The zero-order valence-electron chi connectivity index (χ0n) is 16.4. The maximum absolute atomic E-state index is 5.00. The maximum atomic E-state index is 5.00. The predicted octanol–water partition coefficient (Wildman–Crippen LogP) is 3.96. The van der Waals surface area contributed by atoms with Crippen molar-refractivity contribution in [3.63, 3.8) is 0 Å². The Balaban J connectivity index is 0.00000225. The molecule has 3 rings (SSSR count). The molecule has 1 N–H and O–H groups in total. The SMILES string of the molecule is CCNC(=NCCC1CCN(C)CC1)N1CCC2(CCCCC2)C1.I. The van der Waals surface area contributed by atoms with E-state index in [9.17, 15) is 0 Å². The summed E-state index contributed by atoms with van der Waals surface area (Å²) in [7, 11) is 2.24. The molecule has 0 aromatic carbocycles. The monoisotopic (exact) mass is 462 g/mol. The summed E-state index contributed by atoms with van der Waals surface area (Å²) >= 11 is 0. The summed E-state index contributed by atoms with van der Waals surface area (Å²) in [6.07, 6.45) is 12.6. The highest BCUT2D eigenvalue weighted by Gasteiger charge is 2.39. The van der Waals surface area contributed by atoms with Crippen molar-refractivity contribution in [2.45, 2.75) is 64.7 Å². The molecule has 0 atom stereocenters. The number of hydrogen-bond acceptors (Lipinski definition) is 2. The summed E-state index contributed by atoms with van der Waals surface area (Å²) < 4.78 is 0. The highest BCUT2D eigenvalue weighted by Crippen LogP contribution is 2.43. The Labute approximate surface area is 172 Å². The van der Waals surface area contributed by atoms with Crippen LogP contribution < -0.4 is 5.32 Å². The van der Waals surface area contributed by atoms with Crippen LogP contribution in [0.3, 0.4) is 0 Å². The first-order valence-electron chi connectivity index (χ1n) is 10.4. The van der Waals surface area contributed by atoms with Crippen LogP contribution in [0.15, 0.2) is 4.99 Å². The molecule has 1 saturated carbocycles. The van der Waals surface area contributed by atoms with Crippen molar-refractivity contribution in [1.82, 2.24) is 15.1 Å². The van der Waals surface area contributed by atoms with Crippen molar-refractivity contribution in [2.24, 2.45) is 16.3 Å². The summed E-state index contributed by atoms with van der Waals surface area (Å²) in [4.78, 5) is 10.0. The minimum Gasteiger partial charge on any atom is -0.357 e. The van der Waals surface area contributed by atoms with E-state index in [1.54, 1.807) is 0 Å². The molecule has 0 aromatic rings. The second-order valence-corrected chi connectivity index (χ2v) is 8.50. The Morgan fingerprint density at radius 3 is 2.48 bits per heavy atom. The fraction of sp³-hybridized carbons (Fsp3) is 0.950. The highest BCUT2D eigenvalue weighted by molar-refractivity contribution is 14.0. The molecule has 3 fully saturated rings. The Morgan fingerprint density at radius 2 is 1.80 bits per heavy atom. The quantitative estimate of drug-likeness (QED) is 0.390. The number of rotatable bonds is 4. The minimum atomic E-state index is 0. The first kappa shape index (κ1) is 21.3. The summed E-state index contributed by atoms with van der Waals surface area (Å²) in [5.41, 5.74) is 0.613. The number of hydrogen-bond donors (Lipinski definition) is 1. The van der Waals surface area contributed by atoms with E-state index in [0.717, 1.165) is 19.0 Å². The number of likely N-dealkylation sites (tertiary alicyclic amines) is 2. The van der Waals surface area contributed by atoms with Gasteiger partial charge >= 0.3 is 0 Å². The fourth-order valence-corrected chi connectivity index (χ4v) is 4.96. The van der Waals surface area contributed by atoms with E-state index >= 15 is 0 Å². The van der Waals surface area contributed by atoms with E-state index < -0.39 is 0 Å². The van der Waals surface area contributed by atoms with E-state index in [1.165, 1.54) is 89.9 Å². The summed E-state index contributed by atoms with van der Waals surface area (Å²) in [5.74, 6) is 2.07. The van der Waals surface area contributed by atoms with Crippen molar-refractivity contribution in [1.29, 1.82) is 0 Å². The Bertz CT molecular complexity index is 412. The molecule has 3 aliphatic rings. The van der Waals surface area contributed by atoms with E-state index in [-0.39, 0.29) is 24.0 Å². The Morgan fingerprint density at radius 1 is 1.08 bits per heavy atom. The van der Waals surface area contributed by atoms with Gasteiger partial charge in [0.1, 0.15) is 0 Å². The number of aliphatic imine (C=N–C) groups is 1. The largest absolute Gasteiger partial charge is 0.357 e. The van der Waals surface area contributed by atoms with Gasteiger partial charge in [-0.3, -0.25) is 4.99 Å². The van der Waals surface area contributed by atoms with E-state index in [4.69, 9.17) is 4.99 Å². The van der Waals surface area contributed by atoms with Gasteiger partial charge in [-0.05, 0) is 76.9 Å². The summed E-state index contributed by atoms with van der Waals surface area (Å²) in [6, 6.07) is 0.